The molecule has 1 aliphatic heterocycles. The van der Waals surface area contributed by atoms with E-state index in [1.54, 1.807) is 0 Å². The molecule has 1 saturated carbocycles. The zero-order valence-corrected chi connectivity index (χ0v) is 11.4. The predicted octanol–water partition coefficient (Wildman–Crippen LogP) is 2.31. The minimum absolute atomic E-state index is 0.169. The first-order chi connectivity index (χ1) is 8.45. The van der Waals surface area contributed by atoms with Crippen LogP contribution in [0.3, 0.4) is 0 Å². The summed E-state index contributed by atoms with van der Waals surface area (Å²) in [6.07, 6.45) is 3.15. The van der Waals surface area contributed by atoms with Crippen LogP contribution < -0.4 is 0 Å². The summed E-state index contributed by atoms with van der Waals surface area (Å²) in [7, 11) is 0. The van der Waals surface area contributed by atoms with E-state index in [9.17, 15) is 9.59 Å². The van der Waals surface area contributed by atoms with Crippen LogP contribution in [0.15, 0.2) is 0 Å². The second kappa shape index (κ2) is 4.90. The molecule has 18 heavy (non-hydrogen) atoms. The number of carbonyl (C=O) groups excluding carboxylic acids is 2. The molecule has 3 unspecified atom stereocenters. The molecule has 0 bridgehead atoms. The Balaban J connectivity index is 2.06. The molecule has 0 radical (unpaired) electrons. The summed E-state index contributed by atoms with van der Waals surface area (Å²) in [6.45, 7) is 6.12. The average Bonchev–Trinajstić information content (AvgIpc) is 2.81. The van der Waals surface area contributed by atoms with Crippen molar-refractivity contribution in [2.24, 2.45) is 17.3 Å². The van der Waals surface area contributed by atoms with Crippen molar-refractivity contribution in [3.05, 3.63) is 0 Å². The maximum absolute atomic E-state index is 12.1. The quantitative estimate of drug-likeness (QED) is 0.725. The van der Waals surface area contributed by atoms with E-state index >= 15 is 0 Å². The number of hydrogen-bond acceptors (Lipinski definition) is 4. The summed E-state index contributed by atoms with van der Waals surface area (Å²) in [5.74, 6) is -0.106. The van der Waals surface area contributed by atoms with Crippen molar-refractivity contribution in [3.63, 3.8) is 0 Å². The molecular weight excluding hydrogens is 232 g/mol. The molecule has 0 aromatic carbocycles. The summed E-state index contributed by atoms with van der Waals surface area (Å²) < 4.78 is 10.6. The van der Waals surface area contributed by atoms with Crippen molar-refractivity contribution in [2.45, 2.75) is 52.6 Å². The maximum Gasteiger partial charge on any atom is 0.347 e. The minimum Gasteiger partial charge on any atom is -0.463 e. The smallest absolute Gasteiger partial charge is 0.347 e. The van der Waals surface area contributed by atoms with Crippen LogP contribution in [0.25, 0.3) is 0 Å². The average molecular weight is 254 g/mol. The van der Waals surface area contributed by atoms with Gasteiger partial charge in [0.05, 0.1) is 12.0 Å². The van der Waals surface area contributed by atoms with Crippen LogP contribution in [0, 0.1) is 17.3 Å². The van der Waals surface area contributed by atoms with Gasteiger partial charge < -0.3 is 9.47 Å². The van der Waals surface area contributed by atoms with Gasteiger partial charge in [-0.2, -0.15) is 0 Å². The van der Waals surface area contributed by atoms with Gasteiger partial charge in [-0.05, 0) is 33.1 Å². The Kier molecular flexibility index (Phi) is 3.64. The normalized spacial score (nSPS) is 31.7. The molecular formula is C14H22O4. The van der Waals surface area contributed by atoms with Crippen molar-refractivity contribution in [3.8, 4) is 0 Å². The molecule has 2 fully saturated rings. The summed E-state index contributed by atoms with van der Waals surface area (Å²) in [5.41, 5.74) is -0.536. The SMILES string of the molecule is CCC(C)(C)C(=O)OC1C(=O)OCC2CCCC21. The van der Waals surface area contributed by atoms with E-state index in [4.69, 9.17) is 9.47 Å². The zero-order chi connectivity index (χ0) is 13.3. The fraction of sp³-hybridized carbons (Fsp3) is 0.857. The standard InChI is InChI=1S/C14H22O4/c1-4-14(2,3)13(16)18-11-10-7-5-6-9(10)8-17-12(11)15/h9-11H,4-8H2,1-3H3. The van der Waals surface area contributed by atoms with Gasteiger partial charge in [0.1, 0.15) is 0 Å². The molecule has 4 heteroatoms. The first-order valence-electron chi connectivity index (χ1n) is 6.83. The highest BCUT2D eigenvalue weighted by Crippen LogP contribution is 2.39. The van der Waals surface area contributed by atoms with Gasteiger partial charge in [-0.1, -0.05) is 13.3 Å². The summed E-state index contributed by atoms with van der Waals surface area (Å²) >= 11 is 0. The second-order valence-electron chi connectivity index (χ2n) is 6.05. The van der Waals surface area contributed by atoms with Crippen LogP contribution in [0.5, 0.6) is 0 Å². The lowest BCUT2D eigenvalue weighted by molar-refractivity contribution is -0.187. The Labute approximate surface area is 108 Å². The molecule has 2 rings (SSSR count). The van der Waals surface area contributed by atoms with E-state index in [1.807, 2.05) is 20.8 Å². The third-order valence-electron chi connectivity index (χ3n) is 4.45. The second-order valence-corrected chi connectivity index (χ2v) is 6.05. The summed E-state index contributed by atoms with van der Waals surface area (Å²) in [6, 6.07) is 0. The van der Waals surface area contributed by atoms with Crippen LogP contribution in [0.2, 0.25) is 0 Å². The minimum atomic E-state index is -0.676. The fourth-order valence-electron chi connectivity index (χ4n) is 2.67. The van der Waals surface area contributed by atoms with E-state index in [2.05, 4.69) is 0 Å². The molecule has 1 heterocycles. The van der Waals surface area contributed by atoms with Gasteiger partial charge in [-0.3, -0.25) is 4.79 Å². The van der Waals surface area contributed by atoms with Gasteiger partial charge in [0.2, 0.25) is 6.10 Å². The molecule has 3 atom stereocenters. The monoisotopic (exact) mass is 254 g/mol. The third-order valence-corrected chi connectivity index (χ3v) is 4.45. The zero-order valence-electron chi connectivity index (χ0n) is 11.4. The van der Waals surface area contributed by atoms with Gasteiger partial charge in [0.15, 0.2) is 0 Å². The summed E-state index contributed by atoms with van der Waals surface area (Å²) in [4.78, 5) is 23.9. The summed E-state index contributed by atoms with van der Waals surface area (Å²) in [5, 5.41) is 0. The van der Waals surface area contributed by atoms with E-state index < -0.39 is 11.5 Å². The Morgan fingerprint density at radius 1 is 1.44 bits per heavy atom. The predicted molar refractivity (Wildman–Crippen MR) is 65.7 cm³/mol. The van der Waals surface area contributed by atoms with Gasteiger partial charge in [-0.15, -0.1) is 0 Å². The highest BCUT2D eigenvalue weighted by atomic mass is 16.6. The van der Waals surface area contributed by atoms with Crippen LogP contribution in [-0.4, -0.2) is 24.6 Å². The topological polar surface area (TPSA) is 52.6 Å². The molecule has 1 aliphatic carbocycles. The van der Waals surface area contributed by atoms with Crippen LogP contribution >= 0.6 is 0 Å². The van der Waals surface area contributed by atoms with Gasteiger partial charge in [0.25, 0.3) is 0 Å². The van der Waals surface area contributed by atoms with Crippen molar-refractivity contribution in [2.75, 3.05) is 6.61 Å². The van der Waals surface area contributed by atoms with Crippen molar-refractivity contribution in [1.29, 1.82) is 0 Å². The lowest BCUT2D eigenvalue weighted by Gasteiger charge is -2.33. The van der Waals surface area contributed by atoms with Crippen molar-refractivity contribution >= 4 is 11.9 Å². The molecule has 4 nitrogen and oxygen atoms in total. The molecule has 0 aromatic rings. The Morgan fingerprint density at radius 2 is 2.17 bits per heavy atom. The first-order valence-corrected chi connectivity index (χ1v) is 6.83. The Hall–Kier alpha value is -1.06. The largest absolute Gasteiger partial charge is 0.463 e. The number of carbonyl (C=O) groups is 2. The molecule has 0 amide bonds. The number of esters is 2. The fourth-order valence-corrected chi connectivity index (χ4v) is 2.67. The Bertz CT molecular complexity index is 348. The molecule has 0 aromatic heterocycles. The number of fused-ring (bicyclic) bond motifs is 1. The maximum atomic E-state index is 12.1. The van der Waals surface area contributed by atoms with E-state index in [0.29, 0.717) is 18.9 Å². The number of rotatable bonds is 3. The number of ether oxygens (including phenoxy) is 2. The lowest BCUT2D eigenvalue weighted by atomic mass is 9.87. The lowest BCUT2D eigenvalue weighted by Crippen LogP contribution is -2.45. The van der Waals surface area contributed by atoms with Gasteiger partial charge in [-0.25, -0.2) is 4.79 Å². The van der Waals surface area contributed by atoms with Gasteiger partial charge >= 0.3 is 11.9 Å². The molecule has 2 aliphatic rings. The van der Waals surface area contributed by atoms with E-state index in [0.717, 1.165) is 19.3 Å². The van der Waals surface area contributed by atoms with Crippen molar-refractivity contribution in [1.82, 2.24) is 0 Å². The number of hydrogen-bond donors (Lipinski definition) is 0. The number of cyclic esters (lactones) is 1. The van der Waals surface area contributed by atoms with E-state index in [-0.39, 0.29) is 17.9 Å². The highest BCUT2D eigenvalue weighted by molar-refractivity contribution is 5.82. The molecule has 0 spiro atoms. The molecule has 102 valence electrons. The molecule has 0 N–H and O–H groups in total. The first kappa shape index (κ1) is 13.4. The van der Waals surface area contributed by atoms with Crippen LogP contribution in [0.1, 0.15) is 46.5 Å². The third kappa shape index (κ3) is 2.38. The molecule has 1 saturated heterocycles. The Morgan fingerprint density at radius 3 is 2.83 bits per heavy atom. The van der Waals surface area contributed by atoms with E-state index in [1.165, 1.54) is 0 Å². The highest BCUT2D eigenvalue weighted by Gasteiger charge is 2.46. The van der Waals surface area contributed by atoms with Crippen molar-refractivity contribution < 1.29 is 19.1 Å². The van der Waals surface area contributed by atoms with Crippen LogP contribution in [-0.2, 0) is 19.1 Å². The van der Waals surface area contributed by atoms with Gasteiger partial charge in [0, 0.05) is 11.8 Å². The van der Waals surface area contributed by atoms with Crippen LogP contribution in [0.4, 0.5) is 0 Å².